The number of carbonyl (C=O) groups is 1. The molecule has 0 aliphatic heterocycles. The second-order valence-electron chi connectivity index (χ2n) is 2.97. The van der Waals surface area contributed by atoms with E-state index in [4.69, 9.17) is 11.2 Å². The normalized spacial score (nSPS) is 12.4. The lowest BCUT2D eigenvalue weighted by Crippen LogP contribution is -2.16. The van der Waals surface area contributed by atoms with Crippen LogP contribution in [0.15, 0.2) is 12.2 Å². The first kappa shape index (κ1) is 12.8. The van der Waals surface area contributed by atoms with E-state index in [0.717, 1.165) is 6.42 Å². The third-order valence-electron chi connectivity index (χ3n) is 1.81. The SMILES string of the molecule is C#CCC(CC=CCC)C(=O)OCC. The molecule has 0 rings (SSSR count). The van der Waals surface area contributed by atoms with Crippen LogP contribution in [0, 0.1) is 18.3 Å². The second kappa shape index (κ2) is 8.37. The fourth-order valence-electron chi connectivity index (χ4n) is 1.09. The maximum absolute atomic E-state index is 11.4. The van der Waals surface area contributed by atoms with Gasteiger partial charge in [-0.25, -0.2) is 0 Å². The van der Waals surface area contributed by atoms with Gasteiger partial charge in [-0.3, -0.25) is 4.79 Å². The zero-order chi connectivity index (χ0) is 10.8. The monoisotopic (exact) mass is 194 g/mol. The van der Waals surface area contributed by atoms with E-state index in [1.807, 2.05) is 12.2 Å². The summed E-state index contributed by atoms with van der Waals surface area (Å²) >= 11 is 0. The van der Waals surface area contributed by atoms with Crippen LogP contribution >= 0.6 is 0 Å². The quantitative estimate of drug-likeness (QED) is 0.369. The summed E-state index contributed by atoms with van der Waals surface area (Å²) < 4.78 is 4.92. The van der Waals surface area contributed by atoms with Gasteiger partial charge in [0.25, 0.3) is 0 Å². The van der Waals surface area contributed by atoms with Crippen molar-refractivity contribution in [3.63, 3.8) is 0 Å². The topological polar surface area (TPSA) is 26.3 Å². The fraction of sp³-hybridized carbons (Fsp3) is 0.583. The first-order valence-electron chi connectivity index (χ1n) is 5.01. The Hall–Kier alpha value is -1.23. The van der Waals surface area contributed by atoms with E-state index >= 15 is 0 Å². The molecule has 0 saturated carbocycles. The van der Waals surface area contributed by atoms with Crippen LogP contribution in [-0.4, -0.2) is 12.6 Å². The van der Waals surface area contributed by atoms with Gasteiger partial charge >= 0.3 is 5.97 Å². The average molecular weight is 194 g/mol. The largest absolute Gasteiger partial charge is 0.466 e. The molecule has 2 heteroatoms. The highest BCUT2D eigenvalue weighted by Crippen LogP contribution is 2.11. The molecule has 0 aromatic rings. The summed E-state index contributed by atoms with van der Waals surface area (Å²) in [5.41, 5.74) is 0. The molecule has 0 aliphatic carbocycles. The van der Waals surface area contributed by atoms with Gasteiger partial charge in [0.1, 0.15) is 0 Å². The lowest BCUT2D eigenvalue weighted by molar-refractivity contribution is -0.147. The molecule has 0 radical (unpaired) electrons. The first-order chi connectivity index (χ1) is 6.76. The molecule has 14 heavy (non-hydrogen) atoms. The molecule has 0 N–H and O–H groups in total. The Kier molecular flexibility index (Phi) is 7.64. The minimum absolute atomic E-state index is 0.178. The third kappa shape index (κ3) is 5.42. The van der Waals surface area contributed by atoms with Crippen LogP contribution in [0.1, 0.15) is 33.1 Å². The Morgan fingerprint density at radius 2 is 2.21 bits per heavy atom. The van der Waals surface area contributed by atoms with Crippen molar-refractivity contribution in [1.29, 1.82) is 0 Å². The van der Waals surface area contributed by atoms with Crippen LogP contribution in [0.3, 0.4) is 0 Å². The zero-order valence-corrected chi connectivity index (χ0v) is 8.95. The number of terminal acetylenes is 1. The number of hydrogen-bond donors (Lipinski definition) is 0. The van der Waals surface area contributed by atoms with E-state index < -0.39 is 0 Å². The van der Waals surface area contributed by atoms with Gasteiger partial charge in [-0.15, -0.1) is 12.3 Å². The summed E-state index contributed by atoms with van der Waals surface area (Å²) in [5.74, 6) is 2.13. The van der Waals surface area contributed by atoms with E-state index in [1.54, 1.807) is 6.92 Å². The van der Waals surface area contributed by atoms with E-state index in [9.17, 15) is 4.79 Å². The average Bonchev–Trinajstić information content (AvgIpc) is 2.17. The summed E-state index contributed by atoms with van der Waals surface area (Å²) in [5, 5.41) is 0. The van der Waals surface area contributed by atoms with Crippen LogP contribution in [0.25, 0.3) is 0 Å². The standard InChI is InChI=1S/C12H18O2/c1-4-7-8-10-11(9-5-2)12(13)14-6-3/h2,7-8,11H,4,6,9-10H2,1,3H3. The van der Waals surface area contributed by atoms with E-state index in [-0.39, 0.29) is 11.9 Å². The molecule has 0 spiro atoms. The van der Waals surface area contributed by atoms with Crippen molar-refractivity contribution in [3.8, 4) is 12.3 Å². The maximum Gasteiger partial charge on any atom is 0.310 e. The highest BCUT2D eigenvalue weighted by Gasteiger charge is 2.16. The summed E-state index contributed by atoms with van der Waals surface area (Å²) in [7, 11) is 0. The van der Waals surface area contributed by atoms with Gasteiger partial charge < -0.3 is 4.74 Å². The van der Waals surface area contributed by atoms with Crippen molar-refractivity contribution in [1.82, 2.24) is 0 Å². The van der Waals surface area contributed by atoms with Gasteiger partial charge in [0.2, 0.25) is 0 Å². The highest BCUT2D eigenvalue weighted by atomic mass is 16.5. The summed E-state index contributed by atoms with van der Waals surface area (Å²) in [6.45, 7) is 4.27. The molecule has 0 saturated heterocycles. The van der Waals surface area contributed by atoms with Crippen LogP contribution in [-0.2, 0) is 9.53 Å². The molecule has 78 valence electrons. The molecule has 0 fully saturated rings. The number of carbonyl (C=O) groups excluding carboxylic acids is 1. The van der Waals surface area contributed by atoms with Crippen molar-refractivity contribution in [2.45, 2.75) is 33.1 Å². The Morgan fingerprint density at radius 1 is 1.50 bits per heavy atom. The molecule has 0 aromatic heterocycles. The molecular formula is C12H18O2. The van der Waals surface area contributed by atoms with E-state index in [1.165, 1.54) is 0 Å². The summed E-state index contributed by atoms with van der Waals surface area (Å²) in [4.78, 5) is 11.4. The second-order valence-corrected chi connectivity index (χ2v) is 2.97. The van der Waals surface area contributed by atoms with Crippen LogP contribution < -0.4 is 0 Å². The van der Waals surface area contributed by atoms with Crippen molar-refractivity contribution < 1.29 is 9.53 Å². The Labute approximate surface area is 86.3 Å². The maximum atomic E-state index is 11.4. The minimum Gasteiger partial charge on any atom is -0.466 e. The molecule has 0 aliphatic rings. The lowest BCUT2D eigenvalue weighted by atomic mass is 10.0. The molecule has 1 unspecified atom stereocenters. The van der Waals surface area contributed by atoms with Gasteiger partial charge in [0, 0.05) is 6.42 Å². The van der Waals surface area contributed by atoms with Crippen molar-refractivity contribution in [2.75, 3.05) is 6.61 Å². The van der Waals surface area contributed by atoms with E-state index in [0.29, 0.717) is 19.4 Å². The van der Waals surface area contributed by atoms with E-state index in [2.05, 4.69) is 12.8 Å². The lowest BCUT2D eigenvalue weighted by Gasteiger charge is -2.10. The van der Waals surface area contributed by atoms with Gasteiger partial charge in [0.15, 0.2) is 0 Å². The molecule has 0 amide bonds. The summed E-state index contributed by atoms with van der Waals surface area (Å²) in [6, 6.07) is 0. The van der Waals surface area contributed by atoms with Crippen molar-refractivity contribution in [2.24, 2.45) is 5.92 Å². The van der Waals surface area contributed by atoms with Gasteiger partial charge in [0.05, 0.1) is 12.5 Å². The summed E-state index contributed by atoms with van der Waals surface area (Å²) in [6.07, 6.45) is 11.3. The predicted molar refractivity (Wildman–Crippen MR) is 57.6 cm³/mol. The minimum atomic E-state index is -0.189. The van der Waals surface area contributed by atoms with Gasteiger partial charge in [-0.05, 0) is 19.8 Å². The molecule has 0 heterocycles. The van der Waals surface area contributed by atoms with Crippen LogP contribution in [0.4, 0.5) is 0 Å². The Balaban J connectivity index is 4.08. The number of allylic oxidation sites excluding steroid dienone is 2. The Morgan fingerprint density at radius 3 is 2.71 bits per heavy atom. The third-order valence-corrected chi connectivity index (χ3v) is 1.81. The molecule has 0 bridgehead atoms. The van der Waals surface area contributed by atoms with Crippen molar-refractivity contribution in [3.05, 3.63) is 12.2 Å². The smallest absolute Gasteiger partial charge is 0.310 e. The molecule has 2 nitrogen and oxygen atoms in total. The molecule has 0 aromatic carbocycles. The predicted octanol–water partition coefficient (Wildman–Crippen LogP) is 2.55. The van der Waals surface area contributed by atoms with Crippen molar-refractivity contribution >= 4 is 5.97 Å². The highest BCUT2D eigenvalue weighted by molar-refractivity contribution is 5.73. The first-order valence-corrected chi connectivity index (χ1v) is 5.01. The number of hydrogen-bond acceptors (Lipinski definition) is 2. The molecule has 1 atom stereocenters. The van der Waals surface area contributed by atoms with Gasteiger partial charge in [-0.1, -0.05) is 19.1 Å². The molecular weight excluding hydrogens is 176 g/mol. The van der Waals surface area contributed by atoms with Crippen LogP contribution in [0.2, 0.25) is 0 Å². The number of ether oxygens (including phenoxy) is 1. The Bertz CT molecular complexity index is 223. The number of esters is 1. The zero-order valence-electron chi connectivity index (χ0n) is 8.95. The number of rotatable bonds is 6. The van der Waals surface area contributed by atoms with Gasteiger partial charge in [-0.2, -0.15) is 0 Å². The van der Waals surface area contributed by atoms with Crippen LogP contribution in [0.5, 0.6) is 0 Å². The fourth-order valence-corrected chi connectivity index (χ4v) is 1.09.